The fourth-order valence-electron chi connectivity index (χ4n) is 3.67. The Bertz CT molecular complexity index is 560. The number of carbonyl (C=O) groups is 1. The van der Waals surface area contributed by atoms with Gasteiger partial charge in [-0.25, -0.2) is 4.39 Å². The van der Waals surface area contributed by atoms with E-state index < -0.39 is 0 Å². The van der Waals surface area contributed by atoms with Crippen LogP contribution >= 0.6 is 15.9 Å². The number of carbonyl (C=O) groups excluding carboxylic acids is 1. The van der Waals surface area contributed by atoms with Crippen LogP contribution in [0.2, 0.25) is 0 Å². The van der Waals surface area contributed by atoms with Crippen LogP contribution < -0.4 is 0 Å². The quantitative estimate of drug-likeness (QED) is 0.778. The Kier molecular flexibility index (Phi) is 5.70. The van der Waals surface area contributed by atoms with Crippen LogP contribution in [-0.2, 0) is 11.2 Å². The first-order valence-electron chi connectivity index (χ1n) is 8.56. The zero-order valence-electron chi connectivity index (χ0n) is 13.4. The van der Waals surface area contributed by atoms with E-state index in [-0.39, 0.29) is 11.7 Å². The predicted octanol–water partition coefficient (Wildman–Crippen LogP) is 3.47. The molecular weight excluding hydrogens is 359 g/mol. The molecule has 1 aromatic rings. The van der Waals surface area contributed by atoms with Crippen molar-refractivity contribution < 1.29 is 9.18 Å². The lowest BCUT2D eigenvalue weighted by molar-refractivity contribution is -0.130. The minimum atomic E-state index is -0.227. The Morgan fingerprint density at radius 1 is 1.26 bits per heavy atom. The summed E-state index contributed by atoms with van der Waals surface area (Å²) >= 11 is 3.35. The SMILES string of the molecule is O=C(CCc1cc(Br)ccc1F)N1CCC(CN2CCCC2)C1. The molecule has 0 radical (unpaired) electrons. The first kappa shape index (κ1) is 16.9. The molecule has 0 aliphatic carbocycles. The molecule has 5 heteroatoms. The third-order valence-corrected chi connectivity index (χ3v) is 5.46. The van der Waals surface area contributed by atoms with Gasteiger partial charge in [-0.05, 0) is 68.5 Å². The third-order valence-electron chi connectivity index (χ3n) is 4.97. The van der Waals surface area contributed by atoms with Crippen LogP contribution in [0.15, 0.2) is 22.7 Å². The van der Waals surface area contributed by atoms with Gasteiger partial charge < -0.3 is 9.80 Å². The van der Waals surface area contributed by atoms with Crippen LogP contribution in [0.3, 0.4) is 0 Å². The summed E-state index contributed by atoms with van der Waals surface area (Å²) in [5.74, 6) is 0.544. The van der Waals surface area contributed by atoms with E-state index in [0.29, 0.717) is 24.3 Å². The maximum Gasteiger partial charge on any atom is 0.222 e. The summed E-state index contributed by atoms with van der Waals surface area (Å²) in [5, 5.41) is 0. The van der Waals surface area contributed by atoms with Crippen LogP contribution in [0.4, 0.5) is 4.39 Å². The molecule has 3 nitrogen and oxygen atoms in total. The fourth-order valence-corrected chi connectivity index (χ4v) is 4.08. The summed E-state index contributed by atoms with van der Waals surface area (Å²) in [6.45, 7) is 5.29. The van der Waals surface area contributed by atoms with Crippen LogP contribution in [0.1, 0.15) is 31.2 Å². The Hall–Kier alpha value is -0.940. The van der Waals surface area contributed by atoms with Gasteiger partial charge in [0.2, 0.25) is 5.91 Å². The number of halogens is 2. The smallest absolute Gasteiger partial charge is 0.222 e. The monoisotopic (exact) mass is 382 g/mol. The molecule has 0 bridgehead atoms. The van der Waals surface area contributed by atoms with E-state index in [0.717, 1.165) is 30.5 Å². The molecule has 1 unspecified atom stereocenters. The highest BCUT2D eigenvalue weighted by atomic mass is 79.9. The molecule has 2 saturated heterocycles. The lowest BCUT2D eigenvalue weighted by Crippen LogP contribution is -2.32. The summed E-state index contributed by atoms with van der Waals surface area (Å²) in [6, 6.07) is 4.90. The van der Waals surface area contributed by atoms with E-state index in [1.54, 1.807) is 12.1 Å². The van der Waals surface area contributed by atoms with Crippen LogP contribution in [0.5, 0.6) is 0 Å². The van der Waals surface area contributed by atoms with Gasteiger partial charge in [0.15, 0.2) is 0 Å². The molecule has 2 fully saturated rings. The third kappa shape index (κ3) is 4.54. The largest absolute Gasteiger partial charge is 0.342 e. The molecule has 23 heavy (non-hydrogen) atoms. The predicted molar refractivity (Wildman–Crippen MR) is 92.8 cm³/mol. The zero-order valence-corrected chi connectivity index (χ0v) is 15.0. The normalized spacial score (nSPS) is 22.0. The average molecular weight is 383 g/mol. The van der Waals surface area contributed by atoms with Gasteiger partial charge in [0.05, 0.1) is 0 Å². The van der Waals surface area contributed by atoms with Crippen molar-refractivity contribution in [3.05, 3.63) is 34.1 Å². The first-order chi connectivity index (χ1) is 11.1. The van der Waals surface area contributed by atoms with E-state index in [9.17, 15) is 9.18 Å². The second-order valence-electron chi connectivity index (χ2n) is 6.74. The molecule has 2 heterocycles. The topological polar surface area (TPSA) is 23.6 Å². The van der Waals surface area contributed by atoms with E-state index in [1.165, 1.54) is 32.0 Å². The van der Waals surface area contributed by atoms with Crippen molar-refractivity contribution in [2.75, 3.05) is 32.7 Å². The van der Waals surface area contributed by atoms with Crippen molar-refractivity contribution >= 4 is 21.8 Å². The molecule has 0 saturated carbocycles. The molecule has 2 aliphatic rings. The number of benzene rings is 1. The highest BCUT2D eigenvalue weighted by Crippen LogP contribution is 2.22. The molecule has 126 valence electrons. The van der Waals surface area contributed by atoms with E-state index in [4.69, 9.17) is 0 Å². The Balaban J connectivity index is 1.46. The minimum Gasteiger partial charge on any atom is -0.342 e. The van der Waals surface area contributed by atoms with Crippen molar-refractivity contribution in [2.24, 2.45) is 5.92 Å². The summed E-state index contributed by atoms with van der Waals surface area (Å²) in [7, 11) is 0. The van der Waals surface area contributed by atoms with Gasteiger partial charge >= 0.3 is 0 Å². The summed E-state index contributed by atoms with van der Waals surface area (Å²) in [5.41, 5.74) is 0.612. The summed E-state index contributed by atoms with van der Waals surface area (Å²) < 4.78 is 14.6. The average Bonchev–Trinajstić information content (AvgIpc) is 3.20. The Morgan fingerprint density at radius 2 is 2.04 bits per heavy atom. The van der Waals surface area contributed by atoms with Crippen LogP contribution in [0, 0.1) is 11.7 Å². The van der Waals surface area contributed by atoms with Gasteiger partial charge in [-0.3, -0.25) is 4.79 Å². The van der Waals surface area contributed by atoms with E-state index in [2.05, 4.69) is 20.8 Å². The minimum absolute atomic E-state index is 0.160. The highest BCUT2D eigenvalue weighted by molar-refractivity contribution is 9.10. The summed E-state index contributed by atoms with van der Waals surface area (Å²) in [6.07, 6.45) is 4.59. The Labute approximate surface area is 146 Å². The lowest BCUT2D eigenvalue weighted by Gasteiger charge is -2.20. The van der Waals surface area contributed by atoms with E-state index in [1.807, 2.05) is 4.90 Å². The van der Waals surface area contributed by atoms with Gasteiger partial charge in [0, 0.05) is 30.5 Å². The lowest BCUT2D eigenvalue weighted by atomic mass is 10.1. The number of aryl methyl sites for hydroxylation is 1. The highest BCUT2D eigenvalue weighted by Gasteiger charge is 2.28. The van der Waals surface area contributed by atoms with Gasteiger partial charge in [-0.1, -0.05) is 15.9 Å². The second-order valence-corrected chi connectivity index (χ2v) is 7.65. The van der Waals surface area contributed by atoms with Gasteiger partial charge in [0.25, 0.3) is 0 Å². The van der Waals surface area contributed by atoms with Crippen molar-refractivity contribution in [1.29, 1.82) is 0 Å². The maximum atomic E-state index is 13.7. The molecular formula is C18H24BrFN2O. The number of hydrogen-bond donors (Lipinski definition) is 0. The van der Waals surface area contributed by atoms with Crippen molar-refractivity contribution in [3.8, 4) is 0 Å². The number of nitrogens with zero attached hydrogens (tertiary/aromatic N) is 2. The molecule has 2 aliphatic heterocycles. The molecule has 0 N–H and O–H groups in total. The van der Waals surface area contributed by atoms with Gasteiger partial charge in [0.1, 0.15) is 5.82 Å². The molecule has 0 aromatic heterocycles. The standard InChI is InChI=1S/C18H24BrFN2O/c19-16-4-5-17(20)15(11-16)3-6-18(23)22-10-7-14(13-22)12-21-8-1-2-9-21/h4-5,11,14H,1-3,6-10,12-13H2. The number of likely N-dealkylation sites (tertiary alicyclic amines) is 2. The molecule has 1 aromatic carbocycles. The molecule has 1 amide bonds. The van der Waals surface area contributed by atoms with Crippen LogP contribution in [-0.4, -0.2) is 48.4 Å². The number of rotatable bonds is 5. The van der Waals surface area contributed by atoms with E-state index >= 15 is 0 Å². The van der Waals surface area contributed by atoms with Crippen molar-refractivity contribution in [3.63, 3.8) is 0 Å². The first-order valence-corrected chi connectivity index (χ1v) is 9.35. The zero-order chi connectivity index (χ0) is 16.2. The fraction of sp³-hybridized carbons (Fsp3) is 0.611. The molecule has 0 spiro atoms. The van der Waals surface area contributed by atoms with Crippen molar-refractivity contribution in [1.82, 2.24) is 9.80 Å². The number of amides is 1. The molecule has 1 atom stereocenters. The van der Waals surface area contributed by atoms with Gasteiger partial charge in [-0.2, -0.15) is 0 Å². The summed E-state index contributed by atoms with van der Waals surface area (Å²) in [4.78, 5) is 16.9. The number of hydrogen-bond acceptors (Lipinski definition) is 2. The van der Waals surface area contributed by atoms with Crippen molar-refractivity contribution in [2.45, 2.75) is 32.1 Å². The second kappa shape index (κ2) is 7.75. The maximum absolute atomic E-state index is 13.7. The Morgan fingerprint density at radius 3 is 2.83 bits per heavy atom. The van der Waals surface area contributed by atoms with Crippen LogP contribution in [0.25, 0.3) is 0 Å². The van der Waals surface area contributed by atoms with Gasteiger partial charge in [-0.15, -0.1) is 0 Å². The molecule has 3 rings (SSSR count).